The highest BCUT2D eigenvalue weighted by Crippen LogP contribution is 2.21. The van der Waals surface area contributed by atoms with Gasteiger partial charge in [-0.3, -0.25) is 0 Å². The molecule has 0 amide bonds. The van der Waals surface area contributed by atoms with Gasteiger partial charge in [0.25, 0.3) is 0 Å². The van der Waals surface area contributed by atoms with Crippen LogP contribution in [0.5, 0.6) is 0 Å². The molecule has 100 valence electrons. The van der Waals surface area contributed by atoms with E-state index in [0.717, 1.165) is 5.56 Å². The van der Waals surface area contributed by atoms with Gasteiger partial charge < -0.3 is 10.7 Å². The molecule has 4 N–H and O–H groups in total. The van der Waals surface area contributed by atoms with Crippen LogP contribution in [0, 0.1) is 12.7 Å². The molecule has 0 saturated heterocycles. The number of rotatable bonds is 4. The van der Waals surface area contributed by atoms with Crippen LogP contribution in [0.1, 0.15) is 18.3 Å². The molecule has 0 atom stereocenters. The number of hydrogen-bond donors (Lipinski definition) is 3. The number of hydrazine groups is 1. The monoisotopic (exact) mass is 261 g/mol. The summed E-state index contributed by atoms with van der Waals surface area (Å²) < 4.78 is 13.7. The maximum Gasteiger partial charge on any atom is 0.146 e. The Kier molecular flexibility index (Phi) is 3.91. The summed E-state index contributed by atoms with van der Waals surface area (Å²) in [5, 5.41) is 2.94. The van der Waals surface area contributed by atoms with Crippen molar-refractivity contribution in [3.8, 4) is 0 Å². The number of anilines is 3. The second-order valence-electron chi connectivity index (χ2n) is 4.16. The lowest BCUT2D eigenvalue weighted by Crippen LogP contribution is -2.11. The summed E-state index contributed by atoms with van der Waals surface area (Å²) in [5.41, 5.74) is 3.81. The smallest absolute Gasteiger partial charge is 0.146 e. The molecular formula is C13H16FN5. The molecule has 0 fully saturated rings. The Bertz CT molecular complexity index is 563. The second-order valence-corrected chi connectivity index (χ2v) is 4.16. The Morgan fingerprint density at radius 1 is 1.21 bits per heavy atom. The summed E-state index contributed by atoms with van der Waals surface area (Å²) in [6.45, 7) is 3.83. The van der Waals surface area contributed by atoms with Gasteiger partial charge in [-0.15, -0.1) is 0 Å². The SMILES string of the molecule is CCc1nc(NN)cc(Nc2cc(C)ccc2F)n1. The normalized spacial score (nSPS) is 10.3. The van der Waals surface area contributed by atoms with E-state index in [-0.39, 0.29) is 5.82 Å². The van der Waals surface area contributed by atoms with Gasteiger partial charge in [0, 0.05) is 12.5 Å². The lowest BCUT2D eigenvalue weighted by atomic mass is 10.2. The van der Waals surface area contributed by atoms with Crippen molar-refractivity contribution in [2.75, 3.05) is 10.7 Å². The molecule has 0 aliphatic rings. The quantitative estimate of drug-likeness (QED) is 0.582. The molecule has 1 aromatic carbocycles. The van der Waals surface area contributed by atoms with Gasteiger partial charge in [-0.1, -0.05) is 13.0 Å². The lowest BCUT2D eigenvalue weighted by Gasteiger charge is -2.10. The molecule has 0 aliphatic carbocycles. The Morgan fingerprint density at radius 3 is 2.63 bits per heavy atom. The van der Waals surface area contributed by atoms with Crippen LogP contribution in [0.3, 0.4) is 0 Å². The third-order valence-electron chi connectivity index (χ3n) is 2.62. The number of nitrogens with two attached hydrogens (primary N) is 1. The van der Waals surface area contributed by atoms with Crippen LogP contribution in [0.15, 0.2) is 24.3 Å². The first-order chi connectivity index (χ1) is 9.12. The van der Waals surface area contributed by atoms with Crippen molar-refractivity contribution in [1.29, 1.82) is 0 Å². The molecule has 0 aliphatic heterocycles. The number of aromatic nitrogens is 2. The maximum atomic E-state index is 13.7. The molecule has 0 unspecified atom stereocenters. The number of hydrogen-bond acceptors (Lipinski definition) is 5. The van der Waals surface area contributed by atoms with E-state index in [0.29, 0.717) is 29.6 Å². The van der Waals surface area contributed by atoms with Crippen molar-refractivity contribution in [2.24, 2.45) is 5.84 Å². The highest BCUT2D eigenvalue weighted by molar-refractivity contribution is 5.60. The molecule has 1 aromatic heterocycles. The van der Waals surface area contributed by atoms with E-state index in [4.69, 9.17) is 5.84 Å². The molecule has 0 bridgehead atoms. The molecule has 5 nitrogen and oxygen atoms in total. The Labute approximate surface area is 111 Å². The largest absolute Gasteiger partial charge is 0.338 e. The van der Waals surface area contributed by atoms with Crippen molar-refractivity contribution in [3.05, 3.63) is 41.5 Å². The number of nitrogens with zero attached hydrogens (tertiary/aromatic N) is 2. The molecule has 0 saturated carbocycles. The average molecular weight is 261 g/mol. The molecule has 0 spiro atoms. The number of aryl methyl sites for hydroxylation is 2. The molecule has 0 radical (unpaired) electrons. The van der Waals surface area contributed by atoms with E-state index in [1.807, 2.05) is 13.8 Å². The minimum absolute atomic E-state index is 0.329. The van der Waals surface area contributed by atoms with Crippen LogP contribution in [-0.4, -0.2) is 9.97 Å². The fourth-order valence-corrected chi connectivity index (χ4v) is 1.67. The van der Waals surface area contributed by atoms with Crippen LogP contribution >= 0.6 is 0 Å². The van der Waals surface area contributed by atoms with Crippen LogP contribution in [0.25, 0.3) is 0 Å². The summed E-state index contributed by atoms with van der Waals surface area (Å²) in [6.07, 6.45) is 0.667. The summed E-state index contributed by atoms with van der Waals surface area (Å²) >= 11 is 0. The third-order valence-corrected chi connectivity index (χ3v) is 2.62. The average Bonchev–Trinajstić information content (AvgIpc) is 2.42. The highest BCUT2D eigenvalue weighted by Gasteiger charge is 2.06. The molecule has 2 aromatic rings. The van der Waals surface area contributed by atoms with Gasteiger partial charge in [0.05, 0.1) is 5.69 Å². The molecular weight excluding hydrogens is 245 g/mol. The van der Waals surface area contributed by atoms with Gasteiger partial charge in [0.15, 0.2) is 0 Å². The van der Waals surface area contributed by atoms with Crippen molar-refractivity contribution < 1.29 is 4.39 Å². The zero-order valence-electron chi connectivity index (χ0n) is 10.9. The van der Waals surface area contributed by atoms with Crippen LogP contribution in [0.4, 0.5) is 21.7 Å². The summed E-state index contributed by atoms with van der Waals surface area (Å²) in [5.74, 6) is 6.64. The summed E-state index contributed by atoms with van der Waals surface area (Å²) in [7, 11) is 0. The first-order valence-corrected chi connectivity index (χ1v) is 6.00. The van der Waals surface area contributed by atoms with E-state index in [9.17, 15) is 4.39 Å². The minimum Gasteiger partial charge on any atom is -0.338 e. The molecule has 1 heterocycles. The van der Waals surface area contributed by atoms with Crippen molar-refractivity contribution >= 4 is 17.3 Å². The zero-order chi connectivity index (χ0) is 13.8. The van der Waals surface area contributed by atoms with Crippen LogP contribution < -0.4 is 16.6 Å². The highest BCUT2D eigenvalue weighted by atomic mass is 19.1. The van der Waals surface area contributed by atoms with E-state index < -0.39 is 0 Å². The minimum atomic E-state index is -0.329. The number of nitrogen functional groups attached to an aromatic ring is 1. The second kappa shape index (κ2) is 5.62. The van der Waals surface area contributed by atoms with Crippen LogP contribution in [-0.2, 0) is 6.42 Å². The Hall–Kier alpha value is -2.21. The van der Waals surface area contributed by atoms with E-state index in [2.05, 4.69) is 20.7 Å². The molecule has 19 heavy (non-hydrogen) atoms. The predicted molar refractivity (Wildman–Crippen MR) is 73.6 cm³/mol. The van der Waals surface area contributed by atoms with Crippen molar-refractivity contribution in [2.45, 2.75) is 20.3 Å². The first kappa shape index (κ1) is 13.2. The summed E-state index contributed by atoms with van der Waals surface area (Å²) in [6, 6.07) is 6.48. The van der Waals surface area contributed by atoms with Gasteiger partial charge in [0.1, 0.15) is 23.3 Å². The van der Waals surface area contributed by atoms with Gasteiger partial charge in [0.2, 0.25) is 0 Å². The van der Waals surface area contributed by atoms with Crippen molar-refractivity contribution in [1.82, 2.24) is 9.97 Å². The van der Waals surface area contributed by atoms with Gasteiger partial charge in [-0.25, -0.2) is 20.2 Å². The van der Waals surface area contributed by atoms with E-state index in [1.54, 1.807) is 18.2 Å². The number of benzene rings is 1. The molecule has 6 heteroatoms. The fraction of sp³-hybridized carbons (Fsp3) is 0.231. The maximum absolute atomic E-state index is 13.7. The summed E-state index contributed by atoms with van der Waals surface area (Å²) in [4.78, 5) is 8.45. The van der Waals surface area contributed by atoms with E-state index >= 15 is 0 Å². The lowest BCUT2D eigenvalue weighted by molar-refractivity contribution is 0.631. The van der Waals surface area contributed by atoms with Gasteiger partial charge >= 0.3 is 0 Å². The van der Waals surface area contributed by atoms with Crippen LogP contribution in [0.2, 0.25) is 0 Å². The topological polar surface area (TPSA) is 75.9 Å². The Morgan fingerprint density at radius 2 is 1.95 bits per heavy atom. The van der Waals surface area contributed by atoms with Crippen molar-refractivity contribution in [3.63, 3.8) is 0 Å². The number of halogens is 1. The van der Waals surface area contributed by atoms with E-state index in [1.165, 1.54) is 6.07 Å². The molecule has 2 rings (SSSR count). The number of nitrogens with one attached hydrogen (secondary N) is 2. The standard InChI is InChI=1S/C13H16FN5/c1-3-11-17-12(7-13(18-11)19-15)16-10-6-8(2)4-5-9(10)14/h4-7H,3,15H2,1-2H3,(H2,16,17,18,19). The first-order valence-electron chi connectivity index (χ1n) is 6.00. The third kappa shape index (κ3) is 3.17. The zero-order valence-corrected chi connectivity index (χ0v) is 10.9. The Balaban J connectivity index is 2.34. The van der Waals surface area contributed by atoms with Gasteiger partial charge in [-0.2, -0.15) is 0 Å². The fourth-order valence-electron chi connectivity index (χ4n) is 1.67. The predicted octanol–water partition coefficient (Wildman–Crippen LogP) is 2.52. The van der Waals surface area contributed by atoms with Gasteiger partial charge in [-0.05, 0) is 24.6 Å².